The van der Waals surface area contributed by atoms with Crippen LogP contribution in [0.25, 0.3) is 11.1 Å². The lowest BCUT2D eigenvalue weighted by molar-refractivity contribution is -0.157. The van der Waals surface area contributed by atoms with Gasteiger partial charge >= 0.3 is 5.97 Å². The minimum Gasteiger partial charge on any atom is -0.593 e. The van der Waals surface area contributed by atoms with Crippen LogP contribution >= 0.6 is 0 Å². The number of carbonyl (C=O) groups is 1. The average molecular weight is 495 g/mol. The summed E-state index contributed by atoms with van der Waals surface area (Å²) in [6.45, 7) is 5.41. The van der Waals surface area contributed by atoms with Gasteiger partial charge in [-0.3, -0.25) is 0 Å². The molecule has 0 fully saturated rings. The number of hydrogen-bond acceptors (Lipinski definition) is 6. The van der Waals surface area contributed by atoms with Gasteiger partial charge in [-0.15, -0.1) is 4.31 Å². The third kappa shape index (κ3) is 7.55. The van der Waals surface area contributed by atoms with Crippen LogP contribution in [0.1, 0.15) is 31.9 Å². The maximum atomic E-state index is 13.2. The normalized spacial score (nSPS) is 12.2. The van der Waals surface area contributed by atoms with E-state index in [1.807, 2.05) is 18.2 Å². The maximum Gasteiger partial charge on any atom is 0.344 e. The van der Waals surface area contributed by atoms with Crippen LogP contribution in [0, 0.1) is 17.1 Å². The van der Waals surface area contributed by atoms with E-state index < -0.39 is 22.9 Å². The minimum atomic E-state index is -1.49. The van der Waals surface area contributed by atoms with Gasteiger partial charge in [-0.1, -0.05) is 18.2 Å². The van der Waals surface area contributed by atoms with E-state index in [4.69, 9.17) is 9.47 Å². The lowest BCUT2D eigenvalue weighted by atomic mass is 10.00. The van der Waals surface area contributed by atoms with Crippen molar-refractivity contribution in [2.75, 3.05) is 13.7 Å². The first-order valence-electron chi connectivity index (χ1n) is 10.9. The van der Waals surface area contributed by atoms with Crippen LogP contribution in [0.2, 0.25) is 0 Å². The van der Waals surface area contributed by atoms with Gasteiger partial charge in [0.25, 0.3) is 0 Å². The first kappa shape index (κ1) is 26.2. The van der Waals surface area contributed by atoms with Gasteiger partial charge in [0.15, 0.2) is 11.5 Å². The van der Waals surface area contributed by atoms with Gasteiger partial charge in [0.1, 0.15) is 17.2 Å². The van der Waals surface area contributed by atoms with Crippen molar-refractivity contribution < 1.29 is 23.2 Å². The van der Waals surface area contributed by atoms with Crippen LogP contribution in [0.15, 0.2) is 71.6 Å². The molecule has 0 bridgehead atoms. The lowest BCUT2D eigenvalue weighted by Crippen LogP contribution is -2.27. The minimum absolute atomic E-state index is 0.268. The first-order valence-corrected chi connectivity index (χ1v) is 12.0. The predicted octanol–water partition coefficient (Wildman–Crippen LogP) is 5.24. The smallest absolute Gasteiger partial charge is 0.344 e. The Hall–Kier alpha value is -3.38. The summed E-state index contributed by atoms with van der Waals surface area (Å²) in [6.07, 6.45) is 0. The molecule has 0 aliphatic heterocycles. The predicted molar refractivity (Wildman–Crippen MR) is 132 cm³/mol. The van der Waals surface area contributed by atoms with E-state index in [1.165, 1.54) is 24.3 Å². The van der Waals surface area contributed by atoms with Crippen LogP contribution in [-0.4, -0.2) is 34.1 Å². The van der Waals surface area contributed by atoms with Crippen molar-refractivity contribution in [3.8, 4) is 22.9 Å². The van der Waals surface area contributed by atoms with Gasteiger partial charge in [0, 0.05) is 12.6 Å². The monoisotopic (exact) mass is 494 g/mol. The summed E-state index contributed by atoms with van der Waals surface area (Å²) in [5.74, 6) is -0.427. The lowest BCUT2D eigenvalue weighted by Gasteiger charge is -2.21. The summed E-state index contributed by atoms with van der Waals surface area (Å²) in [5.41, 5.74) is 2.13. The molecule has 0 amide bonds. The van der Waals surface area contributed by atoms with Gasteiger partial charge in [-0.05, 0) is 80.4 Å². The highest BCUT2D eigenvalue weighted by molar-refractivity contribution is 7.89. The number of hydrogen-bond donors (Lipinski definition) is 0. The molecule has 0 radical (unpaired) electrons. The molecule has 3 rings (SSSR count). The van der Waals surface area contributed by atoms with Crippen LogP contribution in [0.3, 0.4) is 0 Å². The van der Waals surface area contributed by atoms with Gasteiger partial charge in [0.2, 0.25) is 0 Å². The Morgan fingerprint density at radius 2 is 1.83 bits per heavy atom. The topological polar surface area (TPSA) is 85.6 Å². The van der Waals surface area contributed by atoms with Gasteiger partial charge < -0.3 is 14.0 Å². The zero-order chi connectivity index (χ0) is 25.6. The number of rotatable bonds is 8. The van der Waals surface area contributed by atoms with E-state index >= 15 is 0 Å². The molecule has 1 atom stereocenters. The van der Waals surface area contributed by atoms with Gasteiger partial charge in [-0.25, -0.2) is 9.18 Å². The molecule has 0 saturated carbocycles. The SMILES string of the molecule is CN(Cc1ccc(OCC(=O)OC(C)(C)C)c(-c2cccc(C#N)c2)c1)[S+]([O-])c1ccc(F)cc1. The number of halogens is 1. The Morgan fingerprint density at radius 1 is 1.11 bits per heavy atom. The fraction of sp³-hybridized carbons (Fsp3) is 0.259. The second-order valence-corrected chi connectivity index (χ2v) is 10.5. The van der Waals surface area contributed by atoms with E-state index in [9.17, 15) is 19.0 Å². The Kier molecular flexibility index (Phi) is 8.52. The van der Waals surface area contributed by atoms with Crippen molar-refractivity contribution >= 4 is 17.3 Å². The van der Waals surface area contributed by atoms with Crippen molar-refractivity contribution in [2.24, 2.45) is 0 Å². The maximum absolute atomic E-state index is 13.2. The standard InChI is InChI=1S/C27H27FN2O4S/c1-27(2,3)34-26(31)18-33-25-13-8-20(15-24(25)21-7-5-6-19(14-21)16-29)17-30(4)35(32)23-11-9-22(28)10-12-23/h5-15H,17-18H2,1-4H3. The summed E-state index contributed by atoms with van der Waals surface area (Å²) in [5, 5.41) is 9.32. The summed E-state index contributed by atoms with van der Waals surface area (Å²) >= 11 is -1.49. The third-order valence-electron chi connectivity index (χ3n) is 4.82. The van der Waals surface area contributed by atoms with Crippen molar-refractivity contribution in [1.29, 1.82) is 5.26 Å². The van der Waals surface area contributed by atoms with E-state index in [0.717, 1.165) is 11.1 Å². The largest absolute Gasteiger partial charge is 0.593 e. The molecule has 35 heavy (non-hydrogen) atoms. The number of carbonyl (C=O) groups excluding carboxylic acids is 1. The zero-order valence-corrected chi connectivity index (χ0v) is 20.9. The molecule has 1 unspecified atom stereocenters. The van der Waals surface area contributed by atoms with Crippen molar-refractivity contribution in [2.45, 2.75) is 37.8 Å². The molecule has 0 heterocycles. The molecule has 6 nitrogen and oxygen atoms in total. The molecule has 0 aliphatic carbocycles. The Morgan fingerprint density at radius 3 is 2.49 bits per heavy atom. The Labute approximate surface area is 208 Å². The van der Waals surface area contributed by atoms with E-state index in [2.05, 4.69) is 6.07 Å². The van der Waals surface area contributed by atoms with Crippen molar-refractivity contribution in [1.82, 2.24) is 4.31 Å². The average Bonchev–Trinajstić information content (AvgIpc) is 2.82. The van der Waals surface area contributed by atoms with E-state index in [1.54, 1.807) is 56.4 Å². The van der Waals surface area contributed by atoms with Gasteiger partial charge in [0.05, 0.1) is 29.5 Å². The van der Waals surface area contributed by atoms with E-state index in [-0.39, 0.29) is 12.4 Å². The highest BCUT2D eigenvalue weighted by Crippen LogP contribution is 2.32. The Balaban J connectivity index is 1.86. The number of nitrogens with zero attached hydrogens (tertiary/aromatic N) is 2. The second kappa shape index (κ2) is 11.4. The summed E-state index contributed by atoms with van der Waals surface area (Å²) < 4.78 is 38.8. The van der Waals surface area contributed by atoms with E-state index in [0.29, 0.717) is 28.3 Å². The second-order valence-electron chi connectivity index (χ2n) is 8.89. The molecule has 0 saturated heterocycles. The summed E-state index contributed by atoms with van der Waals surface area (Å²) in [6, 6.07) is 20.2. The highest BCUT2D eigenvalue weighted by Gasteiger charge is 2.21. The molecule has 3 aromatic carbocycles. The van der Waals surface area contributed by atoms with Gasteiger partial charge in [-0.2, -0.15) is 5.26 Å². The van der Waals surface area contributed by atoms with Crippen LogP contribution in [0.4, 0.5) is 4.39 Å². The quantitative estimate of drug-likeness (QED) is 0.315. The molecule has 0 aromatic heterocycles. The molecule has 0 spiro atoms. The first-order chi connectivity index (χ1) is 16.6. The molecular formula is C27H27FN2O4S. The van der Waals surface area contributed by atoms with Crippen LogP contribution in [-0.2, 0) is 27.4 Å². The highest BCUT2D eigenvalue weighted by atomic mass is 32.2. The zero-order valence-electron chi connectivity index (χ0n) is 20.1. The Bertz CT molecular complexity index is 1220. The number of benzene rings is 3. The molecular weight excluding hydrogens is 467 g/mol. The van der Waals surface area contributed by atoms with Crippen LogP contribution < -0.4 is 4.74 Å². The number of esters is 1. The fourth-order valence-electron chi connectivity index (χ4n) is 3.34. The number of ether oxygens (including phenoxy) is 2. The molecule has 0 aliphatic rings. The van der Waals surface area contributed by atoms with Crippen molar-refractivity contribution in [3.05, 3.63) is 83.7 Å². The summed E-state index contributed by atoms with van der Waals surface area (Å²) in [7, 11) is 1.71. The van der Waals surface area contributed by atoms with Crippen LogP contribution in [0.5, 0.6) is 5.75 Å². The van der Waals surface area contributed by atoms with Crippen molar-refractivity contribution in [3.63, 3.8) is 0 Å². The molecule has 8 heteroatoms. The third-order valence-corrected chi connectivity index (χ3v) is 6.19. The summed E-state index contributed by atoms with van der Waals surface area (Å²) in [4.78, 5) is 12.7. The molecule has 3 aromatic rings. The number of nitriles is 1. The molecule has 0 N–H and O–H groups in total. The fourth-order valence-corrected chi connectivity index (χ4v) is 4.33. The molecule has 182 valence electrons.